The van der Waals surface area contributed by atoms with E-state index in [0.29, 0.717) is 6.54 Å². The van der Waals surface area contributed by atoms with E-state index in [1.54, 1.807) is 4.68 Å². The van der Waals surface area contributed by atoms with Crippen molar-refractivity contribution in [3.05, 3.63) is 11.4 Å². The molecule has 0 atom stereocenters. The van der Waals surface area contributed by atoms with Gasteiger partial charge in [-0.15, -0.1) is 0 Å². The van der Waals surface area contributed by atoms with Gasteiger partial charge in [-0.25, -0.2) is 0 Å². The van der Waals surface area contributed by atoms with Crippen molar-refractivity contribution in [3.8, 4) is 0 Å². The number of hydrogen-bond acceptors (Lipinski definition) is 3. The van der Waals surface area contributed by atoms with Gasteiger partial charge < -0.3 is 11.1 Å². The normalized spacial score (nSPS) is 10.5. The molecule has 1 aromatic heterocycles. The van der Waals surface area contributed by atoms with Crippen molar-refractivity contribution in [1.82, 2.24) is 15.1 Å². The minimum Gasteiger partial charge on any atom is -0.396 e. The molecule has 0 unspecified atom stereocenters. The maximum Gasteiger partial charge on any atom is 0.241 e. The summed E-state index contributed by atoms with van der Waals surface area (Å²) in [5, 5.41) is 7.22. The van der Waals surface area contributed by atoms with Gasteiger partial charge >= 0.3 is 0 Å². The summed E-state index contributed by atoms with van der Waals surface area (Å²) in [5.41, 5.74) is 8.55. The molecule has 1 heterocycles. The molecular weight excluding hydrogens is 216 g/mol. The minimum atomic E-state index is -0.00768. The predicted octanol–water partition coefficient (Wildman–Crippen LogP) is 1.12. The van der Waals surface area contributed by atoms with Gasteiger partial charge in [-0.3, -0.25) is 9.48 Å². The highest BCUT2D eigenvalue weighted by Crippen LogP contribution is 2.18. The monoisotopic (exact) mass is 238 g/mol. The summed E-state index contributed by atoms with van der Waals surface area (Å²) in [7, 11) is 0. The zero-order valence-electron chi connectivity index (χ0n) is 10.9. The van der Waals surface area contributed by atoms with Gasteiger partial charge in [0.05, 0.1) is 17.1 Å². The molecule has 0 radical (unpaired) electrons. The third kappa shape index (κ3) is 3.22. The number of aryl methyl sites for hydroxylation is 1. The Balaban J connectivity index is 2.79. The molecule has 96 valence electrons. The molecule has 1 aromatic rings. The maximum absolute atomic E-state index is 11.6. The number of carbonyl (C=O) groups is 1. The van der Waals surface area contributed by atoms with Gasteiger partial charge in [-0.1, -0.05) is 20.8 Å². The van der Waals surface area contributed by atoms with E-state index in [1.807, 2.05) is 20.8 Å². The van der Waals surface area contributed by atoms with Crippen LogP contribution >= 0.6 is 0 Å². The summed E-state index contributed by atoms with van der Waals surface area (Å²) < 4.78 is 1.72. The van der Waals surface area contributed by atoms with Crippen molar-refractivity contribution < 1.29 is 4.79 Å². The lowest BCUT2D eigenvalue weighted by molar-refractivity contribution is -0.121. The first-order chi connectivity index (χ1) is 8.13. The number of nitrogens with two attached hydrogens (primary N) is 1. The van der Waals surface area contributed by atoms with Gasteiger partial charge in [-0.05, 0) is 19.3 Å². The number of hydrogen-bond donors (Lipinski definition) is 2. The lowest BCUT2D eigenvalue weighted by Gasteiger charge is -2.06. The highest BCUT2D eigenvalue weighted by atomic mass is 16.2. The molecule has 0 bridgehead atoms. The van der Waals surface area contributed by atoms with Crippen molar-refractivity contribution in [2.45, 2.75) is 46.6 Å². The zero-order chi connectivity index (χ0) is 12.8. The van der Waals surface area contributed by atoms with Gasteiger partial charge in [0.15, 0.2) is 0 Å². The molecule has 0 aliphatic rings. The average Bonchev–Trinajstić information content (AvgIpc) is 2.62. The van der Waals surface area contributed by atoms with E-state index >= 15 is 0 Å². The SMILES string of the molecule is CCCNC(=O)Cn1nc(CC)c(N)c1CC. The van der Waals surface area contributed by atoms with Crippen LogP contribution in [0.25, 0.3) is 0 Å². The molecule has 5 heteroatoms. The van der Waals surface area contributed by atoms with Crippen LogP contribution in [0.5, 0.6) is 0 Å². The van der Waals surface area contributed by atoms with E-state index in [4.69, 9.17) is 5.73 Å². The molecule has 1 amide bonds. The number of carbonyl (C=O) groups excluding carboxylic acids is 1. The third-order valence-electron chi connectivity index (χ3n) is 2.71. The fraction of sp³-hybridized carbons (Fsp3) is 0.667. The lowest BCUT2D eigenvalue weighted by Crippen LogP contribution is -2.29. The number of anilines is 1. The highest BCUT2D eigenvalue weighted by molar-refractivity contribution is 5.75. The van der Waals surface area contributed by atoms with Crippen LogP contribution in [0, 0.1) is 0 Å². The van der Waals surface area contributed by atoms with E-state index < -0.39 is 0 Å². The lowest BCUT2D eigenvalue weighted by atomic mass is 10.2. The second-order valence-corrected chi connectivity index (χ2v) is 4.02. The van der Waals surface area contributed by atoms with E-state index in [-0.39, 0.29) is 12.5 Å². The Labute approximate surface area is 102 Å². The first-order valence-electron chi connectivity index (χ1n) is 6.24. The van der Waals surface area contributed by atoms with E-state index in [9.17, 15) is 4.79 Å². The summed E-state index contributed by atoms with van der Waals surface area (Å²) in [6.45, 7) is 7.02. The molecule has 1 rings (SSSR count). The molecule has 0 spiro atoms. The van der Waals surface area contributed by atoms with Crippen LogP contribution in [0.4, 0.5) is 5.69 Å². The number of nitrogens with one attached hydrogen (secondary N) is 1. The van der Waals surface area contributed by atoms with Crippen molar-refractivity contribution >= 4 is 11.6 Å². The molecule has 17 heavy (non-hydrogen) atoms. The average molecular weight is 238 g/mol. The number of amides is 1. The van der Waals surface area contributed by atoms with E-state index in [1.165, 1.54) is 0 Å². The number of rotatable bonds is 6. The van der Waals surface area contributed by atoms with Crippen LogP contribution in [0.2, 0.25) is 0 Å². The molecule has 0 fully saturated rings. The standard InChI is InChI=1S/C12H22N4O/c1-4-7-14-11(17)8-16-10(6-3)12(13)9(5-2)15-16/h4-8,13H2,1-3H3,(H,14,17). The maximum atomic E-state index is 11.6. The predicted molar refractivity (Wildman–Crippen MR) is 68.7 cm³/mol. The van der Waals surface area contributed by atoms with Crippen molar-refractivity contribution in [2.75, 3.05) is 12.3 Å². The molecule has 5 nitrogen and oxygen atoms in total. The number of nitrogen functional groups attached to an aromatic ring is 1. The number of aromatic nitrogens is 2. The fourth-order valence-corrected chi connectivity index (χ4v) is 1.79. The summed E-state index contributed by atoms with van der Waals surface area (Å²) >= 11 is 0. The quantitative estimate of drug-likeness (QED) is 0.780. The molecule has 0 aliphatic heterocycles. The minimum absolute atomic E-state index is 0.00768. The fourth-order valence-electron chi connectivity index (χ4n) is 1.79. The van der Waals surface area contributed by atoms with Crippen LogP contribution in [0.3, 0.4) is 0 Å². The Kier molecular flexibility index (Phi) is 5.00. The Morgan fingerprint density at radius 2 is 2.06 bits per heavy atom. The molecule has 0 aromatic carbocycles. The van der Waals surface area contributed by atoms with Crippen LogP contribution in [0.15, 0.2) is 0 Å². The summed E-state index contributed by atoms with van der Waals surface area (Å²) in [5.74, 6) is -0.00768. The van der Waals surface area contributed by atoms with Gasteiger partial charge in [0, 0.05) is 6.54 Å². The largest absolute Gasteiger partial charge is 0.396 e. The molecule has 0 aliphatic carbocycles. The second kappa shape index (κ2) is 6.27. The van der Waals surface area contributed by atoms with Gasteiger partial charge in [0.2, 0.25) is 5.91 Å². The number of nitrogens with zero attached hydrogens (tertiary/aromatic N) is 2. The van der Waals surface area contributed by atoms with Gasteiger partial charge in [-0.2, -0.15) is 5.10 Å². The highest BCUT2D eigenvalue weighted by Gasteiger charge is 2.14. The topological polar surface area (TPSA) is 72.9 Å². The van der Waals surface area contributed by atoms with Crippen LogP contribution in [-0.2, 0) is 24.2 Å². The molecular formula is C12H22N4O. The van der Waals surface area contributed by atoms with Crippen LogP contribution in [0.1, 0.15) is 38.6 Å². The van der Waals surface area contributed by atoms with E-state index in [2.05, 4.69) is 10.4 Å². The Bertz CT molecular complexity index is 384. The third-order valence-corrected chi connectivity index (χ3v) is 2.71. The van der Waals surface area contributed by atoms with Crippen molar-refractivity contribution in [3.63, 3.8) is 0 Å². The zero-order valence-corrected chi connectivity index (χ0v) is 10.9. The summed E-state index contributed by atoms with van der Waals surface area (Å²) in [6, 6.07) is 0. The first-order valence-corrected chi connectivity index (χ1v) is 6.24. The Morgan fingerprint density at radius 3 is 2.59 bits per heavy atom. The molecule has 3 N–H and O–H groups in total. The summed E-state index contributed by atoms with van der Waals surface area (Å²) in [6.07, 6.45) is 2.52. The molecule has 0 saturated heterocycles. The van der Waals surface area contributed by atoms with Crippen molar-refractivity contribution in [2.24, 2.45) is 0 Å². The van der Waals surface area contributed by atoms with Crippen LogP contribution in [-0.4, -0.2) is 22.2 Å². The van der Waals surface area contributed by atoms with Gasteiger partial charge in [0.1, 0.15) is 6.54 Å². The van der Waals surface area contributed by atoms with E-state index in [0.717, 1.165) is 36.3 Å². The second-order valence-electron chi connectivity index (χ2n) is 4.02. The smallest absolute Gasteiger partial charge is 0.241 e. The molecule has 0 saturated carbocycles. The summed E-state index contributed by atoms with van der Waals surface area (Å²) in [4.78, 5) is 11.6. The van der Waals surface area contributed by atoms with Gasteiger partial charge in [0.25, 0.3) is 0 Å². The van der Waals surface area contributed by atoms with Crippen LogP contribution < -0.4 is 11.1 Å². The Hall–Kier alpha value is -1.52. The van der Waals surface area contributed by atoms with Crippen molar-refractivity contribution in [1.29, 1.82) is 0 Å². The first kappa shape index (κ1) is 13.5. The Morgan fingerprint density at radius 1 is 1.35 bits per heavy atom.